The van der Waals surface area contributed by atoms with E-state index in [9.17, 15) is 4.79 Å². The molecule has 2 fully saturated rings. The molecule has 0 radical (unpaired) electrons. The molecule has 0 aromatic carbocycles. The van der Waals surface area contributed by atoms with Crippen LogP contribution in [0.15, 0.2) is 0 Å². The average molecular weight is 196 g/mol. The van der Waals surface area contributed by atoms with Crippen LogP contribution in [0.5, 0.6) is 0 Å². The summed E-state index contributed by atoms with van der Waals surface area (Å²) in [5.41, 5.74) is 0. The van der Waals surface area contributed by atoms with Crippen LogP contribution in [0.1, 0.15) is 39.5 Å². The molecular formula is C11H20N2O. The van der Waals surface area contributed by atoms with Gasteiger partial charge in [0.2, 0.25) is 5.91 Å². The molecule has 0 spiro atoms. The first kappa shape index (κ1) is 9.97. The van der Waals surface area contributed by atoms with Crippen LogP contribution in [0.25, 0.3) is 0 Å². The lowest BCUT2D eigenvalue weighted by Crippen LogP contribution is -2.47. The summed E-state index contributed by atoms with van der Waals surface area (Å²) in [6.07, 6.45) is 4.55. The summed E-state index contributed by atoms with van der Waals surface area (Å²) in [5, 5.41) is 3.30. The number of nitrogens with zero attached hydrogens (tertiary/aromatic N) is 1. The van der Waals surface area contributed by atoms with Crippen molar-refractivity contribution >= 4 is 5.91 Å². The highest BCUT2D eigenvalue weighted by molar-refractivity contribution is 5.84. The minimum Gasteiger partial charge on any atom is -0.325 e. The van der Waals surface area contributed by atoms with E-state index in [4.69, 9.17) is 0 Å². The summed E-state index contributed by atoms with van der Waals surface area (Å²) < 4.78 is 0. The molecule has 1 aliphatic heterocycles. The summed E-state index contributed by atoms with van der Waals surface area (Å²) in [4.78, 5) is 14.0. The van der Waals surface area contributed by atoms with Crippen LogP contribution >= 0.6 is 0 Å². The van der Waals surface area contributed by atoms with Gasteiger partial charge >= 0.3 is 0 Å². The second kappa shape index (κ2) is 3.89. The monoisotopic (exact) mass is 196 g/mol. The Labute approximate surface area is 85.8 Å². The maximum atomic E-state index is 11.9. The van der Waals surface area contributed by atoms with Gasteiger partial charge in [0.05, 0.1) is 12.7 Å². The van der Waals surface area contributed by atoms with E-state index in [2.05, 4.69) is 24.1 Å². The maximum absolute atomic E-state index is 11.9. The van der Waals surface area contributed by atoms with Crippen LogP contribution < -0.4 is 5.32 Å². The van der Waals surface area contributed by atoms with Gasteiger partial charge in [0.15, 0.2) is 0 Å². The Kier molecular flexibility index (Phi) is 2.77. The molecule has 0 bridgehead atoms. The molecule has 3 atom stereocenters. The van der Waals surface area contributed by atoms with Gasteiger partial charge in [-0.25, -0.2) is 0 Å². The fraction of sp³-hybridized carbons (Fsp3) is 0.909. The average Bonchev–Trinajstić information content (AvgIpc) is 2.49. The Bertz CT molecular complexity index is 229. The largest absolute Gasteiger partial charge is 0.325 e. The van der Waals surface area contributed by atoms with Crippen LogP contribution in [-0.2, 0) is 4.79 Å². The lowest BCUT2D eigenvalue weighted by Gasteiger charge is -2.40. The Balaban J connectivity index is 1.93. The number of hydrogen-bond acceptors (Lipinski definition) is 2. The summed E-state index contributed by atoms with van der Waals surface area (Å²) in [5.74, 6) is 1.05. The molecule has 0 aromatic rings. The number of carbonyl (C=O) groups excluding carboxylic acids is 1. The lowest BCUT2D eigenvalue weighted by atomic mass is 9.80. The zero-order chi connectivity index (χ0) is 10.1. The van der Waals surface area contributed by atoms with E-state index in [0.29, 0.717) is 17.9 Å². The Morgan fingerprint density at radius 1 is 1.50 bits per heavy atom. The predicted octanol–water partition coefficient (Wildman–Crippen LogP) is 1.34. The van der Waals surface area contributed by atoms with Crippen molar-refractivity contribution in [3.8, 4) is 0 Å². The van der Waals surface area contributed by atoms with E-state index >= 15 is 0 Å². The van der Waals surface area contributed by atoms with Gasteiger partial charge in [0, 0.05) is 6.04 Å². The van der Waals surface area contributed by atoms with Gasteiger partial charge in [-0.15, -0.1) is 0 Å². The van der Waals surface area contributed by atoms with Crippen LogP contribution in [0.4, 0.5) is 0 Å². The number of hydrogen-bond donors (Lipinski definition) is 1. The first-order chi connectivity index (χ1) is 6.74. The number of rotatable bonds is 3. The van der Waals surface area contributed by atoms with Crippen molar-refractivity contribution in [1.29, 1.82) is 0 Å². The van der Waals surface area contributed by atoms with E-state index in [0.717, 1.165) is 19.5 Å². The predicted molar refractivity (Wildman–Crippen MR) is 55.7 cm³/mol. The van der Waals surface area contributed by atoms with Crippen molar-refractivity contribution in [2.24, 2.45) is 5.92 Å². The first-order valence-electron chi connectivity index (χ1n) is 5.78. The van der Waals surface area contributed by atoms with Gasteiger partial charge < -0.3 is 4.90 Å². The Hall–Kier alpha value is -0.570. The van der Waals surface area contributed by atoms with Gasteiger partial charge in [-0.3, -0.25) is 10.1 Å². The van der Waals surface area contributed by atoms with Gasteiger partial charge in [-0.2, -0.15) is 0 Å². The fourth-order valence-electron chi connectivity index (χ4n) is 2.48. The zero-order valence-corrected chi connectivity index (χ0v) is 9.12. The molecule has 80 valence electrons. The highest BCUT2D eigenvalue weighted by Crippen LogP contribution is 2.33. The first-order valence-corrected chi connectivity index (χ1v) is 5.78. The summed E-state index contributed by atoms with van der Waals surface area (Å²) in [6.45, 7) is 5.15. The Morgan fingerprint density at radius 3 is 2.79 bits per heavy atom. The third-order valence-electron chi connectivity index (χ3n) is 3.64. The van der Waals surface area contributed by atoms with Crippen molar-refractivity contribution in [2.75, 3.05) is 6.67 Å². The molecule has 3 nitrogen and oxygen atoms in total. The van der Waals surface area contributed by atoms with Crippen molar-refractivity contribution in [3.63, 3.8) is 0 Å². The quantitative estimate of drug-likeness (QED) is 0.739. The standard InChI is InChI=1S/C11H20N2O/c1-3-4-9-11(14)13(7-12-9)10-6-5-8(10)2/h8-10,12H,3-7H2,1-2H3. The third-order valence-corrected chi connectivity index (χ3v) is 3.64. The minimum absolute atomic E-state index is 0.104. The summed E-state index contributed by atoms with van der Waals surface area (Å²) >= 11 is 0. The second-order valence-electron chi connectivity index (χ2n) is 4.63. The SMILES string of the molecule is CCCC1NCN(C2CCC2C)C1=O. The van der Waals surface area contributed by atoms with Crippen LogP contribution in [-0.4, -0.2) is 29.6 Å². The van der Waals surface area contributed by atoms with Crippen molar-refractivity contribution in [1.82, 2.24) is 10.2 Å². The highest BCUT2D eigenvalue weighted by Gasteiger charge is 2.40. The van der Waals surface area contributed by atoms with E-state index < -0.39 is 0 Å². The molecule has 3 unspecified atom stereocenters. The van der Waals surface area contributed by atoms with Crippen molar-refractivity contribution in [3.05, 3.63) is 0 Å². The number of nitrogens with one attached hydrogen (secondary N) is 1. The number of carbonyl (C=O) groups is 1. The fourth-order valence-corrected chi connectivity index (χ4v) is 2.48. The smallest absolute Gasteiger partial charge is 0.241 e. The Morgan fingerprint density at radius 2 is 2.29 bits per heavy atom. The topological polar surface area (TPSA) is 32.3 Å². The molecule has 1 aliphatic carbocycles. The molecule has 0 aromatic heterocycles. The second-order valence-corrected chi connectivity index (χ2v) is 4.63. The van der Waals surface area contributed by atoms with Crippen LogP contribution in [0.2, 0.25) is 0 Å². The molecule has 3 heteroatoms. The number of amides is 1. The third kappa shape index (κ3) is 1.54. The molecule has 1 saturated heterocycles. The molecule has 1 heterocycles. The minimum atomic E-state index is 0.104. The van der Waals surface area contributed by atoms with E-state index in [-0.39, 0.29) is 6.04 Å². The molecule has 1 N–H and O–H groups in total. The lowest BCUT2D eigenvalue weighted by molar-refractivity contribution is -0.133. The molecule has 2 aliphatic rings. The molecule has 2 rings (SSSR count). The van der Waals surface area contributed by atoms with Crippen LogP contribution in [0.3, 0.4) is 0 Å². The molecule has 1 saturated carbocycles. The van der Waals surface area contributed by atoms with E-state index in [1.165, 1.54) is 12.8 Å². The van der Waals surface area contributed by atoms with E-state index in [1.807, 2.05) is 0 Å². The zero-order valence-electron chi connectivity index (χ0n) is 9.12. The van der Waals surface area contributed by atoms with Crippen LogP contribution in [0, 0.1) is 5.92 Å². The molecular weight excluding hydrogens is 176 g/mol. The van der Waals surface area contributed by atoms with Gasteiger partial charge in [0.25, 0.3) is 0 Å². The van der Waals surface area contributed by atoms with E-state index in [1.54, 1.807) is 0 Å². The van der Waals surface area contributed by atoms with Crippen molar-refractivity contribution < 1.29 is 4.79 Å². The summed E-state index contributed by atoms with van der Waals surface area (Å²) in [7, 11) is 0. The van der Waals surface area contributed by atoms with Gasteiger partial charge in [-0.05, 0) is 25.2 Å². The molecule has 1 amide bonds. The van der Waals surface area contributed by atoms with Gasteiger partial charge in [0.1, 0.15) is 0 Å². The highest BCUT2D eigenvalue weighted by atomic mass is 16.2. The normalized spacial score (nSPS) is 37.4. The van der Waals surface area contributed by atoms with Gasteiger partial charge in [-0.1, -0.05) is 20.3 Å². The van der Waals surface area contributed by atoms with Crippen molar-refractivity contribution in [2.45, 2.75) is 51.6 Å². The maximum Gasteiger partial charge on any atom is 0.241 e. The molecule has 14 heavy (non-hydrogen) atoms. The summed E-state index contributed by atoms with van der Waals surface area (Å²) in [6, 6.07) is 0.629.